The molecule has 0 radical (unpaired) electrons. The van der Waals surface area contributed by atoms with E-state index in [1.54, 1.807) is 18.7 Å². The van der Waals surface area contributed by atoms with Crippen LogP contribution in [0, 0.1) is 6.92 Å². The third kappa shape index (κ3) is 5.11. The number of carbonyl (C=O) groups excluding carboxylic acids is 1. The van der Waals surface area contributed by atoms with E-state index in [-0.39, 0.29) is 18.0 Å². The summed E-state index contributed by atoms with van der Waals surface area (Å²) in [6, 6.07) is 16.1. The molecule has 1 heterocycles. The van der Waals surface area contributed by atoms with Gasteiger partial charge in [-0.15, -0.1) is 0 Å². The largest absolute Gasteiger partial charge is 0.340 e. The summed E-state index contributed by atoms with van der Waals surface area (Å²) in [6.07, 6.45) is 3.97. The Morgan fingerprint density at radius 1 is 1.10 bits per heavy atom. The smallest absolute Gasteiger partial charge is 0.238 e. The van der Waals surface area contributed by atoms with Gasteiger partial charge in [0.05, 0.1) is 12.1 Å². The summed E-state index contributed by atoms with van der Waals surface area (Å²) in [4.78, 5) is 19.2. The molecule has 30 heavy (non-hydrogen) atoms. The third-order valence-corrected chi connectivity index (χ3v) is 6.73. The number of halogens is 1. The second-order valence-corrected chi connectivity index (χ2v) is 9.47. The highest BCUT2D eigenvalue weighted by Gasteiger charge is 2.39. The van der Waals surface area contributed by atoms with Gasteiger partial charge in [0.1, 0.15) is 0 Å². The van der Waals surface area contributed by atoms with Crippen molar-refractivity contribution in [2.75, 3.05) is 11.9 Å². The molecule has 1 aliphatic carbocycles. The fraction of sp³-hybridized carbons (Fsp3) is 0.318. The topological polar surface area (TPSA) is 80.0 Å². The van der Waals surface area contributed by atoms with Crippen LogP contribution in [0.5, 0.6) is 0 Å². The lowest BCUT2D eigenvalue weighted by molar-refractivity contribution is -0.115. The predicted octanol–water partition coefficient (Wildman–Crippen LogP) is 5.29. The van der Waals surface area contributed by atoms with Crippen molar-refractivity contribution in [1.29, 1.82) is 0 Å². The van der Waals surface area contributed by atoms with Crippen LogP contribution in [0.3, 0.4) is 0 Å². The van der Waals surface area contributed by atoms with Gasteiger partial charge in [0.25, 0.3) is 0 Å². The monoisotopic (exact) mass is 486 g/mol. The van der Waals surface area contributed by atoms with Crippen molar-refractivity contribution in [1.82, 2.24) is 15.5 Å². The maximum atomic E-state index is 12.5. The number of aryl methyl sites for hydroxylation is 1. The lowest BCUT2D eigenvalue weighted by atomic mass is 9.96. The third-order valence-electron chi connectivity index (χ3n) is 5.19. The molecule has 0 saturated heterocycles. The first-order valence-electron chi connectivity index (χ1n) is 9.92. The minimum atomic E-state index is -0.375. The zero-order valence-electron chi connectivity index (χ0n) is 16.7. The van der Waals surface area contributed by atoms with E-state index in [9.17, 15) is 4.79 Å². The Labute approximate surface area is 188 Å². The first kappa shape index (κ1) is 21.1. The van der Waals surface area contributed by atoms with Crippen LogP contribution >= 0.6 is 27.7 Å². The molecule has 2 N–H and O–H groups in total. The van der Waals surface area contributed by atoms with Gasteiger partial charge in [0, 0.05) is 26.9 Å². The normalized spacial score (nSPS) is 15.3. The number of rotatable bonds is 7. The Bertz CT molecular complexity index is 999. The summed E-state index contributed by atoms with van der Waals surface area (Å²) in [5.74, 6) is 1.11. The van der Waals surface area contributed by atoms with E-state index in [0.29, 0.717) is 11.7 Å². The Hall–Kier alpha value is -2.16. The maximum absolute atomic E-state index is 12.5. The summed E-state index contributed by atoms with van der Waals surface area (Å²) < 4.78 is 6.22. The molecule has 2 aromatic carbocycles. The number of nitrogens with zero attached hydrogens (tertiary/aromatic N) is 2. The van der Waals surface area contributed by atoms with Crippen LogP contribution in [0.25, 0.3) is 0 Å². The molecule has 0 spiro atoms. The Morgan fingerprint density at radius 3 is 2.33 bits per heavy atom. The van der Waals surface area contributed by atoms with Gasteiger partial charge in [-0.25, -0.2) is 0 Å². The summed E-state index contributed by atoms with van der Waals surface area (Å²) in [5, 5.41) is 10.4. The van der Waals surface area contributed by atoms with E-state index in [0.717, 1.165) is 45.6 Å². The highest BCUT2D eigenvalue weighted by atomic mass is 79.9. The summed E-state index contributed by atoms with van der Waals surface area (Å²) >= 11 is 5.13. The van der Waals surface area contributed by atoms with Crippen LogP contribution in [0.4, 0.5) is 5.69 Å². The second-order valence-electron chi connectivity index (χ2n) is 7.41. The molecule has 6 nitrogen and oxygen atoms in total. The van der Waals surface area contributed by atoms with Gasteiger partial charge in [0.2, 0.25) is 11.8 Å². The molecule has 1 aromatic heterocycles. The summed E-state index contributed by atoms with van der Waals surface area (Å²) in [6.45, 7) is 1.98. The van der Waals surface area contributed by atoms with Crippen molar-refractivity contribution in [3.8, 4) is 0 Å². The molecule has 3 aromatic rings. The molecule has 156 valence electrons. The van der Waals surface area contributed by atoms with Gasteiger partial charge in [0.15, 0.2) is 5.82 Å². The number of aromatic nitrogens is 2. The molecule has 0 unspecified atom stereocenters. The van der Waals surface area contributed by atoms with Crippen LogP contribution in [0.15, 0.2) is 67.3 Å². The highest BCUT2D eigenvalue weighted by Crippen LogP contribution is 2.37. The Morgan fingerprint density at radius 2 is 1.73 bits per heavy atom. The fourth-order valence-electron chi connectivity index (χ4n) is 3.65. The summed E-state index contributed by atoms with van der Waals surface area (Å²) in [5.41, 5.74) is 0.401. The minimum absolute atomic E-state index is 0.0881. The number of nitrogens with one attached hydrogen (secondary N) is 2. The van der Waals surface area contributed by atoms with E-state index >= 15 is 0 Å². The fourth-order valence-corrected chi connectivity index (χ4v) is 4.73. The predicted molar refractivity (Wildman–Crippen MR) is 121 cm³/mol. The van der Waals surface area contributed by atoms with Crippen LogP contribution in [0.1, 0.15) is 37.4 Å². The van der Waals surface area contributed by atoms with Crippen LogP contribution in [-0.4, -0.2) is 22.6 Å². The van der Waals surface area contributed by atoms with Gasteiger partial charge in [-0.1, -0.05) is 45.7 Å². The highest BCUT2D eigenvalue weighted by molar-refractivity contribution is 9.10. The van der Waals surface area contributed by atoms with Gasteiger partial charge >= 0.3 is 0 Å². The Balaban J connectivity index is 1.33. The van der Waals surface area contributed by atoms with E-state index in [1.165, 1.54) is 0 Å². The summed E-state index contributed by atoms with van der Waals surface area (Å²) in [7, 11) is 0. The van der Waals surface area contributed by atoms with E-state index in [1.807, 2.05) is 36.4 Å². The maximum Gasteiger partial charge on any atom is 0.238 e. The van der Waals surface area contributed by atoms with Gasteiger partial charge < -0.3 is 9.84 Å². The van der Waals surface area contributed by atoms with Gasteiger partial charge in [-0.3, -0.25) is 10.1 Å². The van der Waals surface area contributed by atoms with Gasteiger partial charge in [-0.2, -0.15) is 4.98 Å². The molecule has 1 saturated carbocycles. The molecule has 8 heteroatoms. The van der Waals surface area contributed by atoms with Crippen LogP contribution in [0.2, 0.25) is 0 Å². The van der Waals surface area contributed by atoms with Crippen molar-refractivity contribution in [3.63, 3.8) is 0 Å². The number of benzene rings is 2. The minimum Gasteiger partial charge on any atom is -0.340 e. The van der Waals surface area contributed by atoms with Crippen molar-refractivity contribution in [2.24, 2.45) is 0 Å². The zero-order valence-corrected chi connectivity index (χ0v) is 19.1. The quantitative estimate of drug-likeness (QED) is 0.472. The average Bonchev–Trinajstić information content (AvgIpc) is 3.40. The molecule has 0 bridgehead atoms. The second kappa shape index (κ2) is 9.32. The van der Waals surface area contributed by atoms with E-state index in [4.69, 9.17) is 4.52 Å². The van der Waals surface area contributed by atoms with Crippen molar-refractivity contribution in [3.05, 3.63) is 64.7 Å². The van der Waals surface area contributed by atoms with Crippen LogP contribution in [-0.2, 0) is 10.3 Å². The number of amides is 1. The molecule has 4 rings (SSSR count). The first-order valence-corrected chi connectivity index (χ1v) is 11.5. The lowest BCUT2D eigenvalue weighted by Gasteiger charge is -2.26. The zero-order chi connectivity index (χ0) is 21.0. The molecule has 0 aliphatic heterocycles. The van der Waals surface area contributed by atoms with Crippen LogP contribution < -0.4 is 10.6 Å². The average molecular weight is 487 g/mol. The number of hydrogen-bond donors (Lipinski definition) is 2. The first-order chi connectivity index (χ1) is 14.5. The Kier molecular flexibility index (Phi) is 6.55. The number of hydrogen-bond acceptors (Lipinski definition) is 6. The molecule has 0 atom stereocenters. The van der Waals surface area contributed by atoms with Gasteiger partial charge in [-0.05, 0) is 61.4 Å². The molecule has 1 fully saturated rings. The van der Waals surface area contributed by atoms with Crippen molar-refractivity contribution in [2.45, 2.75) is 47.9 Å². The molecule has 1 aliphatic rings. The van der Waals surface area contributed by atoms with Crippen molar-refractivity contribution >= 4 is 39.3 Å². The lowest BCUT2D eigenvalue weighted by Crippen LogP contribution is -2.44. The molecular formula is C22H23BrN4O2S. The SMILES string of the molecule is Cc1nc(C2(NCC(=O)Nc3ccc(Sc4ccc(Br)cc4)cc3)CCCC2)no1. The van der Waals surface area contributed by atoms with E-state index < -0.39 is 0 Å². The molecular weight excluding hydrogens is 464 g/mol. The number of carbonyl (C=O) groups is 1. The standard InChI is InChI=1S/C22H23BrN4O2S/c1-15-25-21(27-29-15)22(12-2-3-13-22)24-14-20(28)26-17-6-10-19(11-7-17)30-18-8-4-16(23)5-9-18/h4-11,24H,2-3,12-14H2,1H3,(H,26,28). The van der Waals surface area contributed by atoms with Crippen molar-refractivity contribution < 1.29 is 9.32 Å². The van der Waals surface area contributed by atoms with E-state index in [2.05, 4.69) is 48.8 Å². The number of anilines is 1. The molecule has 1 amide bonds.